The average Bonchev–Trinajstić information content (AvgIpc) is 1.37. The van der Waals surface area contributed by atoms with Gasteiger partial charge < -0.3 is 4.90 Å². The number of nitrogens with zero attached hydrogens (tertiary/aromatic N) is 1. The molecule has 0 aromatic rings. The molecule has 0 aliphatic heterocycles. The van der Waals surface area contributed by atoms with E-state index in [-0.39, 0.29) is 0 Å². The Morgan fingerprint density at radius 3 is 2.25 bits per heavy atom. The predicted octanol–water partition coefficient (Wildman–Crippen LogP) is -0.610. The Kier molecular flexibility index (Phi) is 2.21. The van der Waals surface area contributed by atoms with Crippen LogP contribution in [0.5, 0.6) is 0 Å². The fourth-order valence-corrected chi connectivity index (χ4v) is 0. The third-order valence-corrected chi connectivity index (χ3v) is 0.158. The molecule has 0 rings (SSSR count). The Bertz CT molecular complexity index is 44.0. The maximum Gasteiger partial charge on any atom is 0.257 e. The van der Waals surface area contributed by atoms with Crippen molar-refractivity contribution in [3.63, 3.8) is 0 Å². The van der Waals surface area contributed by atoms with E-state index >= 15 is 0 Å². The molecule has 0 atom stereocenters. The van der Waals surface area contributed by atoms with Crippen LogP contribution in [0.15, 0.2) is 11.5 Å². The van der Waals surface area contributed by atoms with Gasteiger partial charge in [-0.05, 0) is 12.4 Å². The van der Waals surface area contributed by atoms with Gasteiger partial charge in [0.25, 0.3) is 7.98 Å². The zero-order valence-corrected chi connectivity index (χ0v) is 2.65. The number of hydrogen-bond acceptors (Lipinski definition) is 1. The summed E-state index contributed by atoms with van der Waals surface area (Å²) in [6, 6.07) is 0. The maximum absolute atomic E-state index is 3.38. The minimum Gasteiger partial charge on any atom is -0.314 e. The maximum atomic E-state index is 3.38. The Balaban J connectivity index is 3.11. The van der Waals surface area contributed by atoms with Crippen molar-refractivity contribution in [1.29, 1.82) is 0 Å². The highest BCUT2D eigenvalue weighted by Gasteiger charge is 1.25. The van der Waals surface area contributed by atoms with Crippen molar-refractivity contribution in [1.82, 2.24) is 0 Å². The zero-order valence-electron chi connectivity index (χ0n) is 2.65. The lowest BCUT2D eigenvalue weighted by Gasteiger charge is -1.41. The molecule has 0 bridgehead atoms. The van der Waals surface area contributed by atoms with Crippen LogP contribution in [0.4, 0.5) is 0 Å². The van der Waals surface area contributed by atoms with Crippen LogP contribution in [0.25, 0.3) is 0 Å². The number of hydrogen-bond donors (Lipinski definition) is 0. The van der Waals surface area contributed by atoms with Crippen LogP contribution in [0, 0.1) is 0 Å². The van der Waals surface area contributed by atoms with Gasteiger partial charge in [0.15, 0.2) is 0 Å². The third kappa shape index (κ3) is 1.51. The van der Waals surface area contributed by atoms with Gasteiger partial charge in [0.05, 0.1) is 0 Å². The van der Waals surface area contributed by atoms with Gasteiger partial charge in [0, 0.05) is 0 Å². The van der Waals surface area contributed by atoms with Crippen molar-refractivity contribution in [3.8, 4) is 0 Å². The molecule has 0 aliphatic carbocycles. The lowest BCUT2D eigenvalue weighted by Crippen LogP contribution is -1.41. The fourth-order valence-electron chi connectivity index (χ4n) is 0. The summed E-state index contributed by atoms with van der Waals surface area (Å²) in [5.41, 5.74) is 0. The molecule has 1 nitrogen and oxygen atoms in total. The normalized spacial score (nSPS) is 4.00. The summed E-state index contributed by atoms with van der Waals surface area (Å²) in [6.07, 6.45) is 0. The second-order valence-electron chi connectivity index (χ2n) is 0.382. The van der Waals surface area contributed by atoms with E-state index < -0.39 is 0 Å². The Morgan fingerprint density at radius 2 is 2.25 bits per heavy atom. The molecule has 0 fully saturated rings. The second-order valence-corrected chi connectivity index (χ2v) is 0.382. The molecular formula is C2H4BN. The Hall–Kier alpha value is -0.485. The van der Waals surface area contributed by atoms with Crippen molar-refractivity contribution in [3.05, 3.63) is 6.58 Å². The summed E-state index contributed by atoms with van der Waals surface area (Å²) in [5, 5.41) is 0. The smallest absolute Gasteiger partial charge is 0.257 e. The summed E-state index contributed by atoms with van der Waals surface area (Å²) in [4.78, 5) is 3.38. The van der Waals surface area contributed by atoms with Crippen LogP contribution in [0.2, 0.25) is 0 Å². The van der Waals surface area contributed by atoms with E-state index in [1.165, 1.54) is 0 Å². The molecule has 2 heteroatoms. The molecule has 0 heterocycles. The quantitative estimate of drug-likeness (QED) is 0.258. The van der Waals surface area contributed by atoms with E-state index in [0.717, 1.165) is 0 Å². The van der Waals surface area contributed by atoms with Crippen LogP contribution in [-0.2, 0) is 0 Å². The van der Waals surface area contributed by atoms with Crippen LogP contribution in [0.3, 0.4) is 0 Å². The van der Waals surface area contributed by atoms with Crippen molar-refractivity contribution >= 4 is 13.9 Å². The van der Waals surface area contributed by atoms with Gasteiger partial charge >= 0.3 is 0 Å². The first-order valence-corrected chi connectivity index (χ1v) is 1.02. The van der Waals surface area contributed by atoms with Gasteiger partial charge in [-0.1, -0.05) is 0 Å². The molecule has 0 saturated heterocycles. The van der Waals surface area contributed by atoms with Crippen molar-refractivity contribution in [2.75, 3.05) is 0 Å². The van der Waals surface area contributed by atoms with E-state index in [0.29, 0.717) is 0 Å². The summed E-state index contributed by atoms with van der Waals surface area (Å²) in [6.45, 7) is 3.19. The molecule has 0 aromatic heterocycles. The molecular weight excluding hydrogens is 48.8 g/mol. The Morgan fingerprint density at radius 1 is 2.00 bits per heavy atom. The predicted molar refractivity (Wildman–Crippen MR) is 21.6 cm³/mol. The van der Waals surface area contributed by atoms with E-state index in [4.69, 9.17) is 0 Å². The van der Waals surface area contributed by atoms with E-state index in [2.05, 4.69) is 17.4 Å². The van der Waals surface area contributed by atoms with Crippen molar-refractivity contribution in [2.24, 2.45) is 4.90 Å². The lowest BCUT2D eigenvalue weighted by atomic mass is 10.5. The summed E-state index contributed by atoms with van der Waals surface area (Å²) in [5.74, 6) is 2.31. The molecule has 0 spiro atoms. The van der Waals surface area contributed by atoms with E-state index in [9.17, 15) is 0 Å². The van der Waals surface area contributed by atoms with Crippen LogP contribution >= 0.6 is 0 Å². The topological polar surface area (TPSA) is 12.4 Å². The summed E-state index contributed by atoms with van der Waals surface area (Å²) in [7, 11) is 1.63. The molecule has 0 unspecified atom stereocenters. The van der Waals surface area contributed by atoms with Crippen LogP contribution < -0.4 is 0 Å². The molecule has 0 N–H and O–H groups in total. The highest BCUT2D eigenvalue weighted by molar-refractivity contribution is 6.08. The lowest BCUT2D eigenvalue weighted by molar-refractivity contribution is 1.98. The molecule has 0 aliphatic rings. The summed E-state index contributed by atoms with van der Waals surface area (Å²) < 4.78 is 0. The first-order valence-electron chi connectivity index (χ1n) is 1.02. The average molecular weight is 52.9 g/mol. The summed E-state index contributed by atoms with van der Waals surface area (Å²) >= 11 is 0. The van der Waals surface area contributed by atoms with Crippen molar-refractivity contribution < 1.29 is 0 Å². The first-order chi connectivity index (χ1) is 1.91. The van der Waals surface area contributed by atoms with Gasteiger partial charge in [-0.3, -0.25) is 0 Å². The second kappa shape index (κ2) is 2.51. The Labute approximate surface area is 26.5 Å². The SMILES string of the molecule is BN=C=C. The largest absolute Gasteiger partial charge is 0.314 e. The highest BCUT2D eigenvalue weighted by Crippen LogP contribution is 1.26. The molecule has 0 amide bonds. The molecule has 0 aromatic carbocycles. The fraction of sp³-hybridized carbons (Fsp3) is 0. The van der Waals surface area contributed by atoms with Gasteiger partial charge in [0.1, 0.15) is 0 Å². The van der Waals surface area contributed by atoms with Crippen LogP contribution in [-0.4, -0.2) is 13.9 Å². The number of rotatable bonds is 0. The monoisotopic (exact) mass is 53.0 g/mol. The van der Waals surface area contributed by atoms with E-state index in [1.807, 2.05) is 0 Å². The van der Waals surface area contributed by atoms with E-state index in [1.54, 1.807) is 7.98 Å². The van der Waals surface area contributed by atoms with Crippen molar-refractivity contribution in [2.45, 2.75) is 0 Å². The van der Waals surface area contributed by atoms with Gasteiger partial charge in [-0.15, -0.1) is 0 Å². The molecule has 4 heavy (non-hydrogen) atoms. The standard InChI is InChI=1S/C2H4BN/c1-2-4-3/h1,3H2. The highest BCUT2D eigenvalue weighted by atomic mass is 14.5. The van der Waals surface area contributed by atoms with Gasteiger partial charge in [-0.2, -0.15) is 0 Å². The zero-order chi connectivity index (χ0) is 3.41. The first kappa shape index (κ1) is 3.51. The third-order valence-electron chi connectivity index (χ3n) is 0.158. The minimum absolute atomic E-state index is 1.63. The molecule has 0 radical (unpaired) electrons. The molecule has 0 saturated carbocycles. The van der Waals surface area contributed by atoms with Gasteiger partial charge in [-0.25, -0.2) is 0 Å². The van der Waals surface area contributed by atoms with Crippen LogP contribution in [0.1, 0.15) is 0 Å². The minimum atomic E-state index is 1.63. The molecule has 20 valence electrons. The van der Waals surface area contributed by atoms with Gasteiger partial charge in [0.2, 0.25) is 0 Å².